The highest BCUT2D eigenvalue weighted by molar-refractivity contribution is 5.66. The highest BCUT2D eigenvalue weighted by Gasteiger charge is 2.44. The van der Waals surface area contributed by atoms with Crippen LogP contribution in [0, 0.1) is 0 Å². The summed E-state index contributed by atoms with van der Waals surface area (Å²) in [6, 6.07) is 5.67. The van der Waals surface area contributed by atoms with Crippen molar-refractivity contribution in [2.45, 2.75) is 83.5 Å². The number of aliphatic hydroxyl groups excluding tert-OH is 4. The lowest BCUT2D eigenvalue weighted by atomic mass is 9.94. The van der Waals surface area contributed by atoms with Gasteiger partial charge in [0, 0.05) is 0 Å². The van der Waals surface area contributed by atoms with Gasteiger partial charge in [-0.15, -0.1) is 0 Å². The molecule has 0 saturated carbocycles. The Balaban J connectivity index is 2.05. The van der Waals surface area contributed by atoms with Gasteiger partial charge < -0.3 is 39.4 Å². The lowest BCUT2D eigenvalue weighted by Crippen LogP contribution is -2.59. The Morgan fingerprint density at radius 1 is 1.00 bits per heavy atom. The minimum Gasteiger partial charge on any atom is -0.404 e. The molecule has 0 aromatic heterocycles. The largest absolute Gasteiger partial charge is 0.516 e. The van der Waals surface area contributed by atoms with Crippen LogP contribution in [0.1, 0.15) is 57.6 Å². The van der Waals surface area contributed by atoms with E-state index in [0.717, 1.165) is 11.1 Å². The van der Waals surface area contributed by atoms with Crippen LogP contribution >= 0.6 is 0 Å². The molecule has 0 bridgehead atoms. The van der Waals surface area contributed by atoms with E-state index in [-0.39, 0.29) is 11.8 Å². The second-order valence-corrected chi connectivity index (χ2v) is 7.95. The molecule has 1 aliphatic rings. The summed E-state index contributed by atoms with van der Waals surface area (Å²) in [5, 5.41) is 38.9. The van der Waals surface area contributed by atoms with Crippen molar-refractivity contribution in [3.8, 4) is 5.75 Å². The molecule has 1 fully saturated rings. The Hall–Kier alpha value is -1.75. The van der Waals surface area contributed by atoms with Gasteiger partial charge in [0.1, 0.15) is 30.2 Å². The molecule has 30 heavy (non-hydrogen) atoms. The van der Waals surface area contributed by atoms with Crippen molar-refractivity contribution in [2.24, 2.45) is 0 Å². The lowest BCUT2D eigenvalue weighted by Gasteiger charge is -2.40. The molecule has 0 radical (unpaired) electrons. The number of aliphatic hydroxyl groups is 4. The van der Waals surface area contributed by atoms with E-state index in [9.17, 15) is 25.2 Å². The van der Waals surface area contributed by atoms with Gasteiger partial charge in [-0.25, -0.2) is 4.79 Å². The quantitative estimate of drug-likeness (QED) is 0.290. The molecule has 2 rings (SSSR count). The smallest absolute Gasteiger partial charge is 0.404 e. The third-order valence-electron chi connectivity index (χ3n) is 4.94. The summed E-state index contributed by atoms with van der Waals surface area (Å²) in [5.74, 6) is 0.677. The standard InChI is InChI=1S/C21H32O9/c1-10(2)13-7-6-8-14(11(3)4)19(13)30-21(26)28-12(5)27-20-18(25)17(24)16(23)15(9-22)29-20/h6-8,10-12,15-18,20,22-25H,9H2,1-5H3/t12?,15-,16-,17+,18-,20?/m1/s1. The van der Waals surface area contributed by atoms with Crippen molar-refractivity contribution in [1.82, 2.24) is 0 Å². The van der Waals surface area contributed by atoms with Gasteiger partial charge in [-0.2, -0.15) is 0 Å². The van der Waals surface area contributed by atoms with Gasteiger partial charge in [0.15, 0.2) is 6.29 Å². The number of hydrogen-bond donors (Lipinski definition) is 4. The monoisotopic (exact) mass is 428 g/mol. The summed E-state index contributed by atoms with van der Waals surface area (Å²) in [6.07, 6.45) is -9.44. The topological polar surface area (TPSA) is 135 Å². The minimum atomic E-state index is -1.60. The summed E-state index contributed by atoms with van der Waals surface area (Å²) in [5.41, 5.74) is 1.72. The summed E-state index contributed by atoms with van der Waals surface area (Å²) in [6.45, 7) is 8.75. The number of ether oxygens (including phenoxy) is 4. The van der Waals surface area contributed by atoms with Crippen molar-refractivity contribution in [2.75, 3.05) is 6.61 Å². The van der Waals surface area contributed by atoms with E-state index in [4.69, 9.17) is 18.9 Å². The van der Waals surface area contributed by atoms with Gasteiger partial charge in [-0.1, -0.05) is 45.9 Å². The number of hydrogen-bond acceptors (Lipinski definition) is 9. The van der Waals surface area contributed by atoms with Crippen molar-refractivity contribution < 1.29 is 44.2 Å². The van der Waals surface area contributed by atoms with Crippen LogP contribution in [0.5, 0.6) is 5.75 Å². The Morgan fingerprint density at radius 2 is 1.57 bits per heavy atom. The second-order valence-electron chi connectivity index (χ2n) is 7.95. The van der Waals surface area contributed by atoms with Gasteiger partial charge >= 0.3 is 6.16 Å². The van der Waals surface area contributed by atoms with Crippen molar-refractivity contribution >= 4 is 6.16 Å². The average molecular weight is 428 g/mol. The van der Waals surface area contributed by atoms with Crippen LogP contribution in [0.15, 0.2) is 18.2 Å². The van der Waals surface area contributed by atoms with E-state index in [1.165, 1.54) is 6.92 Å². The molecule has 6 atom stereocenters. The van der Waals surface area contributed by atoms with Gasteiger partial charge in [0.25, 0.3) is 0 Å². The number of benzene rings is 1. The molecule has 2 unspecified atom stereocenters. The maximum atomic E-state index is 12.4. The first-order valence-corrected chi connectivity index (χ1v) is 10.0. The third-order valence-corrected chi connectivity index (χ3v) is 4.94. The molecule has 4 N–H and O–H groups in total. The predicted molar refractivity (Wildman–Crippen MR) is 106 cm³/mol. The lowest BCUT2D eigenvalue weighted by molar-refractivity contribution is -0.328. The minimum absolute atomic E-state index is 0.120. The molecular formula is C21H32O9. The van der Waals surface area contributed by atoms with Crippen LogP contribution in [0.4, 0.5) is 4.79 Å². The van der Waals surface area contributed by atoms with Gasteiger partial charge in [-0.05, 0) is 29.9 Å². The van der Waals surface area contributed by atoms with Crippen LogP contribution in [0.3, 0.4) is 0 Å². The second kappa shape index (κ2) is 10.5. The SMILES string of the molecule is CC(OC(=O)Oc1c(C(C)C)cccc1C(C)C)OC1O[C@H](CO)[C@@H](O)[C@H](O)[C@H]1O. The summed E-state index contributed by atoms with van der Waals surface area (Å²) >= 11 is 0. The van der Waals surface area contributed by atoms with E-state index in [1.807, 2.05) is 45.9 Å². The Labute approximate surface area is 176 Å². The molecule has 1 heterocycles. The molecular weight excluding hydrogens is 396 g/mol. The van der Waals surface area contributed by atoms with Crippen molar-refractivity contribution in [1.29, 1.82) is 0 Å². The van der Waals surface area contributed by atoms with Crippen molar-refractivity contribution in [3.63, 3.8) is 0 Å². The first-order valence-electron chi connectivity index (χ1n) is 10.0. The zero-order chi connectivity index (χ0) is 22.6. The normalized spacial score (nSPS) is 27.9. The Kier molecular flexibility index (Phi) is 8.60. The fourth-order valence-corrected chi connectivity index (χ4v) is 3.24. The van der Waals surface area contributed by atoms with Gasteiger partial charge in [-0.3, -0.25) is 0 Å². The summed E-state index contributed by atoms with van der Waals surface area (Å²) < 4.78 is 21.2. The van der Waals surface area contributed by atoms with E-state index >= 15 is 0 Å². The first kappa shape index (κ1) is 24.5. The van der Waals surface area contributed by atoms with Gasteiger partial charge in [0.2, 0.25) is 6.29 Å². The molecule has 0 amide bonds. The van der Waals surface area contributed by atoms with Crippen LogP contribution < -0.4 is 4.74 Å². The molecule has 0 spiro atoms. The highest BCUT2D eigenvalue weighted by atomic mass is 16.8. The summed E-state index contributed by atoms with van der Waals surface area (Å²) in [7, 11) is 0. The van der Waals surface area contributed by atoms with E-state index in [2.05, 4.69) is 0 Å². The molecule has 1 aliphatic heterocycles. The molecule has 9 nitrogen and oxygen atoms in total. The molecule has 9 heteroatoms. The van der Waals surface area contributed by atoms with E-state index in [0.29, 0.717) is 5.75 Å². The average Bonchev–Trinajstić information content (AvgIpc) is 2.67. The van der Waals surface area contributed by atoms with E-state index in [1.54, 1.807) is 0 Å². The number of rotatable bonds is 7. The van der Waals surface area contributed by atoms with Crippen LogP contribution in [-0.4, -0.2) is 70.2 Å². The zero-order valence-electron chi connectivity index (χ0n) is 17.9. The maximum Gasteiger partial charge on any atom is 0.516 e. The molecule has 170 valence electrons. The molecule has 0 aliphatic carbocycles. The highest BCUT2D eigenvalue weighted by Crippen LogP contribution is 2.35. The zero-order valence-corrected chi connectivity index (χ0v) is 17.9. The number of carbonyl (C=O) groups excluding carboxylic acids is 1. The number of carbonyl (C=O) groups is 1. The third kappa shape index (κ3) is 5.69. The van der Waals surface area contributed by atoms with Crippen molar-refractivity contribution in [3.05, 3.63) is 29.3 Å². The molecule has 1 aromatic carbocycles. The van der Waals surface area contributed by atoms with Crippen LogP contribution in [0.2, 0.25) is 0 Å². The molecule has 1 aromatic rings. The van der Waals surface area contributed by atoms with Crippen LogP contribution in [-0.2, 0) is 14.2 Å². The number of para-hydroxylation sites is 1. The fourth-order valence-electron chi connectivity index (χ4n) is 3.24. The predicted octanol–water partition coefficient (Wildman–Crippen LogP) is 1.61. The van der Waals surface area contributed by atoms with E-state index < -0.39 is 49.8 Å². The molecule has 1 saturated heterocycles. The Bertz CT molecular complexity index is 677. The first-order chi connectivity index (χ1) is 14.1. The van der Waals surface area contributed by atoms with Crippen LogP contribution in [0.25, 0.3) is 0 Å². The Morgan fingerprint density at radius 3 is 2.07 bits per heavy atom. The van der Waals surface area contributed by atoms with Gasteiger partial charge in [0.05, 0.1) is 6.61 Å². The summed E-state index contributed by atoms with van der Waals surface area (Å²) in [4.78, 5) is 12.4. The fraction of sp³-hybridized carbons (Fsp3) is 0.667. The maximum absolute atomic E-state index is 12.4.